The molecular formula is C4H10O4S4. The molecular weight excluding hydrogens is 240 g/mol. The second kappa shape index (κ2) is 4.75. The van der Waals surface area contributed by atoms with E-state index < -0.39 is 17.6 Å². The number of hydrogen-bond donors (Lipinski definition) is 0. The topological polar surface area (TPSA) is 60.4 Å². The van der Waals surface area contributed by atoms with Gasteiger partial charge in [-0.1, -0.05) is 0 Å². The summed E-state index contributed by atoms with van der Waals surface area (Å²) >= 11 is 4.41. The zero-order valence-electron chi connectivity index (χ0n) is 6.68. The lowest BCUT2D eigenvalue weighted by molar-refractivity contribution is 0.374. The standard InChI is InChI=1S/C4H10O4S4/c1-10-12(6,7)4-3-8-11(2,5)9/h3-4H2,1-2H3. The van der Waals surface area contributed by atoms with Gasteiger partial charge in [-0.15, -0.1) is 0 Å². The van der Waals surface area contributed by atoms with Crippen molar-refractivity contribution in [2.24, 2.45) is 0 Å². The van der Waals surface area contributed by atoms with Gasteiger partial charge in [0.2, 0.25) is 8.87 Å². The van der Waals surface area contributed by atoms with Gasteiger partial charge in [0.15, 0.2) is 0 Å². The molecule has 12 heavy (non-hydrogen) atoms. The van der Waals surface area contributed by atoms with Crippen LogP contribution in [0.2, 0.25) is 0 Å². The fourth-order valence-corrected chi connectivity index (χ4v) is 2.22. The molecule has 0 aliphatic carbocycles. The van der Waals surface area contributed by atoms with Crippen molar-refractivity contribution in [3.63, 3.8) is 0 Å². The van der Waals surface area contributed by atoms with Gasteiger partial charge in [-0.2, -0.15) is 0 Å². The Hall–Kier alpha value is 0.630. The highest BCUT2D eigenvalue weighted by atomic mass is 33.1. The molecule has 0 saturated heterocycles. The molecule has 0 amide bonds. The van der Waals surface area contributed by atoms with Crippen LogP contribution in [-0.4, -0.2) is 37.5 Å². The van der Waals surface area contributed by atoms with Gasteiger partial charge in [-0.25, -0.2) is 12.6 Å². The number of hydrogen-bond acceptors (Lipinski definition) is 6. The summed E-state index contributed by atoms with van der Waals surface area (Å²) in [4.78, 5) is 0. The molecule has 0 radical (unpaired) electrons. The van der Waals surface area contributed by atoms with Gasteiger partial charge in [-0.3, -0.25) is 4.18 Å². The molecule has 0 heterocycles. The summed E-state index contributed by atoms with van der Waals surface area (Å²) in [5.41, 5.74) is 0. The van der Waals surface area contributed by atoms with E-state index in [1.165, 1.54) is 12.5 Å². The average molecular weight is 250 g/mol. The Morgan fingerprint density at radius 3 is 2.25 bits per heavy atom. The fraction of sp³-hybridized carbons (Fsp3) is 1.00. The van der Waals surface area contributed by atoms with Crippen LogP contribution in [0.1, 0.15) is 0 Å². The summed E-state index contributed by atoms with van der Waals surface area (Å²) in [6.07, 6.45) is 2.71. The van der Waals surface area contributed by atoms with E-state index in [-0.39, 0.29) is 12.4 Å². The molecule has 1 unspecified atom stereocenters. The van der Waals surface area contributed by atoms with E-state index in [9.17, 15) is 12.6 Å². The maximum atomic E-state index is 10.8. The zero-order chi connectivity index (χ0) is 9.83. The predicted octanol–water partition coefficient (Wildman–Crippen LogP) is -0.0131. The summed E-state index contributed by atoms with van der Waals surface area (Å²) in [6.45, 7) is -0.109. The summed E-state index contributed by atoms with van der Waals surface area (Å²) < 4.78 is 37.1. The molecule has 1 atom stereocenters. The highest BCUT2D eigenvalue weighted by Gasteiger charge is 2.09. The SMILES string of the molecule is CSS(=O)(=O)CCOS(C)(=O)=S. The first kappa shape index (κ1) is 12.6. The maximum absolute atomic E-state index is 10.8. The third kappa shape index (κ3) is 7.29. The van der Waals surface area contributed by atoms with Gasteiger partial charge in [0.05, 0.1) is 12.4 Å². The Morgan fingerprint density at radius 1 is 1.42 bits per heavy atom. The summed E-state index contributed by atoms with van der Waals surface area (Å²) in [5, 5.41) is 0. The Labute approximate surface area is 81.3 Å². The van der Waals surface area contributed by atoms with Gasteiger partial charge in [0.25, 0.3) is 0 Å². The highest BCUT2D eigenvalue weighted by molar-refractivity contribution is 8.71. The van der Waals surface area contributed by atoms with E-state index in [0.29, 0.717) is 0 Å². The molecule has 0 bridgehead atoms. The van der Waals surface area contributed by atoms with Gasteiger partial charge in [-0.05, 0) is 17.0 Å². The third-order valence-corrected chi connectivity index (χ3v) is 4.97. The van der Waals surface area contributed by atoms with E-state index in [1.54, 1.807) is 0 Å². The highest BCUT2D eigenvalue weighted by Crippen LogP contribution is 2.07. The van der Waals surface area contributed by atoms with Crippen molar-refractivity contribution in [3.8, 4) is 0 Å². The van der Waals surface area contributed by atoms with Crippen molar-refractivity contribution in [2.45, 2.75) is 0 Å². The molecule has 4 nitrogen and oxygen atoms in total. The van der Waals surface area contributed by atoms with Crippen molar-refractivity contribution in [2.75, 3.05) is 24.9 Å². The normalized spacial score (nSPS) is 17.2. The lowest BCUT2D eigenvalue weighted by Gasteiger charge is -2.01. The molecule has 74 valence electrons. The van der Waals surface area contributed by atoms with Crippen LogP contribution in [0.25, 0.3) is 0 Å². The van der Waals surface area contributed by atoms with Gasteiger partial charge in [0, 0.05) is 17.4 Å². The predicted molar refractivity (Wildman–Crippen MR) is 54.7 cm³/mol. The van der Waals surface area contributed by atoms with E-state index in [0.717, 1.165) is 10.8 Å². The Morgan fingerprint density at radius 2 is 1.92 bits per heavy atom. The van der Waals surface area contributed by atoms with Crippen molar-refractivity contribution in [3.05, 3.63) is 0 Å². The smallest absolute Gasteiger partial charge is 0.203 e. The second-order valence-corrected chi connectivity index (χ2v) is 9.80. The van der Waals surface area contributed by atoms with Crippen LogP contribution in [0, 0.1) is 0 Å². The van der Waals surface area contributed by atoms with Crippen LogP contribution in [0.4, 0.5) is 0 Å². The Balaban J connectivity index is 3.89. The van der Waals surface area contributed by atoms with Gasteiger partial charge >= 0.3 is 0 Å². The minimum absolute atomic E-state index is 0.109. The molecule has 0 aromatic heterocycles. The fourth-order valence-electron chi connectivity index (χ4n) is 0.371. The van der Waals surface area contributed by atoms with Crippen LogP contribution in [0.15, 0.2) is 0 Å². The molecule has 0 saturated carbocycles. The van der Waals surface area contributed by atoms with Crippen molar-refractivity contribution in [1.82, 2.24) is 0 Å². The van der Waals surface area contributed by atoms with Crippen molar-refractivity contribution >= 4 is 39.6 Å². The monoisotopic (exact) mass is 250 g/mol. The first-order valence-electron chi connectivity index (χ1n) is 2.89. The van der Waals surface area contributed by atoms with Gasteiger partial charge in [0.1, 0.15) is 8.77 Å². The van der Waals surface area contributed by atoms with E-state index >= 15 is 0 Å². The molecule has 0 aliphatic heterocycles. The van der Waals surface area contributed by atoms with Crippen LogP contribution in [0.3, 0.4) is 0 Å². The lowest BCUT2D eigenvalue weighted by Crippen LogP contribution is -2.11. The average Bonchev–Trinajstić information content (AvgIpc) is 1.84. The summed E-state index contributed by atoms with van der Waals surface area (Å²) in [5.74, 6) is -0.157. The molecule has 8 heteroatoms. The molecule has 0 aromatic rings. The zero-order valence-corrected chi connectivity index (χ0v) is 9.95. The second-order valence-electron chi connectivity index (χ2n) is 1.95. The molecule has 0 aromatic carbocycles. The van der Waals surface area contributed by atoms with E-state index in [2.05, 4.69) is 15.4 Å². The van der Waals surface area contributed by atoms with Crippen molar-refractivity contribution < 1.29 is 16.8 Å². The molecule has 0 fully saturated rings. The van der Waals surface area contributed by atoms with Crippen LogP contribution >= 0.6 is 10.8 Å². The maximum Gasteiger partial charge on any atom is 0.203 e. The van der Waals surface area contributed by atoms with Gasteiger partial charge < -0.3 is 0 Å². The quantitative estimate of drug-likeness (QED) is 0.640. The van der Waals surface area contributed by atoms with Crippen LogP contribution in [-0.2, 0) is 33.0 Å². The first-order chi connectivity index (χ1) is 5.27. The summed E-state index contributed by atoms with van der Waals surface area (Å²) in [7, 11) is -5.07. The van der Waals surface area contributed by atoms with Crippen LogP contribution in [0.5, 0.6) is 0 Å². The molecule has 0 aliphatic rings. The van der Waals surface area contributed by atoms with Crippen LogP contribution < -0.4 is 0 Å². The largest absolute Gasteiger partial charge is 0.289 e. The lowest BCUT2D eigenvalue weighted by atomic mass is 10.9. The third-order valence-electron chi connectivity index (χ3n) is 0.885. The minimum Gasteiger partial charge on any atom is -0.289 e. The molecule has 0 spiro atoms. The first-order valence-corrected chi connectivity index (χ1v) is 9.10. The molecule has 0 rings (SSSR count). The van der Waals surface area contributed by atoms with E-state index in [4.69, 9.17) is 0 Å². The van der Waals surface area contributed by atoms with E-state index in [1.807, 2.05) is 0 Å². The Bertz CT molecular complexity index is 313. The molecule has 0 N–H and O–H groups in total. The van der Waals surface area contributed by atoms with Crippen molar-refractivity contribution in [1.29, 1.82) is 0 Å². The Kier molecular flexibility index (Phi) is 5.00. The minimum atomic E-state index is -3.12. The number of rotatable bonds is 5. The summed E-state index contributed by atoms with van der Waals surface area (Å²) in [6, 6.07) is 0.